The molecule has 0 bridgehead atoms. The van der Waals surface area contributed by atoms with Gasteiger partial charge in [-0.15, -0.1) is 4.90 Å². The zero-order chi connectivity index (χ0) is 20.8. The smallest absolute Gasteiger partial charge is 0.245 e. The van der Waals surface area contributed by atoms with Gasteiger partial charge in [0.1, 0.15) is 12.2 Å². The Bertz CT molecular complexity index is 1120. The molecule has 0 saturated carbocycles. The van der Waals surface area contributed by atoms with Crippen LogP contribution in [0.1, 0.15) is 42.4 Å². The Morgan fingerprint density at radius 1 is 1.03 bits per heavy atom. The molecule has 0 spiro atoms. The number of rotatable bonds is 3. The molecule has 0 aromatic heterocycles. The van der Waals surface area contributed by atoms with Gasteiger partial charge in [0.25, 0.3) is 0 Å². The largest absolute Gasteiger partial charge is 0.506 e. The third-order valence-corrected chi connectivity index (χ3v) is 7.66. The molecule has 152 valence electrons. The lowest BCUT2D eigenvalue weighted by Gasteiger charge is -2.26. The number of fused-ring (bicyclic) bond motifs is 2. The standard InChI is InChI=1S/C25H25N2O2S/c1-16-12-13-17(2)18(14-16)15-26-24-22(20-10-6-7-11-21(20)30-24)23(28)27(25(26)29)19-8-4-3-5-9-19/h3-5,8-9,12-14,22H,6-7,10-11,15H2,1-2H3/q+1. The van der Waals surface area contributed by atoms with Gasteiger partial charge in [-0.1, -0.05) is 53.7 Å². The van der Waals surface area contributed by atoms with Gasteiger partial charge in [0, 0.05) is 0 Å². The number of aryl methyl sites for hydroxylation is 2. The van der Waals surface area contributed by atoms with Crippen LogP contribution in [-0.2, 0) is 11.3 Å². The van der Waals surface area contributed by atoms with E-state index in [1.165, 1.54) is 20.9 Å². The van der Waals surface area contributed by atoms with Crippen LogP contribution in [-0.4, -0.2) is 21.6 Å². The Morgan fingerprint density at radius 2 is 1.80 bits per heavy atom. The van der Waals surface area contributed by atoms with Crippen molar-refractivity contribution in [3.63, 3.8) is 0 Å². The van der Waals surface area contributed by atoms with Crippen LogP contribution in [0.5, 0.6) is 0 Å². The Labute approximate surface area is 181 Å². The summed E-state index contributed by atoms with van der Waals surface area (Å²) in [5, 5.41) is 0.907. The van der Waals surface area contributed by atoms with E-state index in [-0.39, 0.29) is 17.9 Å². The molecule has 30 heavy (non-hydrogen) atoms. The SMILES string of the molecule is Cc1ccc(C)c(C[N+]2=C3SC4=C(CCCC4)C3C(=O)N(c3ccccc3)C2=O)c1. The summed E-state index contributed by atoms with van der Waals surface area (Å²) in [7, 11) is 0. The second kappa shape index (κ2) is 7.55. The van der Waals surface area contributed by atoms with Crippen molar-refractivity contribution in [1.82, 2.24) is 0 Å². The van der Waals surface area contributed by atoms with E-state index in [1.807, 2.05) is 34.9 Å². The van der Waals surface area contributed by atoms with Crippen LogP contribution in [0.4, 0.5) is 10.5 Å². The Morgan fingerprint density at radius 3 is 2.60 bits per heavy atom. The van der Waals surface area contributed by atoms with Gasteiger partial charge in [0.05, 0.1) is 0 Å². The summed E-state index contributed by atoms with van der Waals surface area (Å²) in [6, 6.07) is 15.4. The first-order valence-electron chi connectivity index (χ1n) is 10.6. The maximum atomic E-state index is 13.7. The highest BCUT2D eigenvalue weighted by molar-refractivity contribution is 8.17. The van der Waals surface area contributed by atoms with Crippen LogP contribution in [0, 0.1) is 19.8 Å². The maximum Gasteiger partial charge on any atom is 0.506 e. The number of imide groups is 1. The summed E-state index contributed by atoms with van der Waals surface area (Å²) in [5.74, 6) is -0.411. The van der Waals surface area contributed by atoms with Crippen LogP contribution >= 0.6 is 11.8 Å². The molecule has 1 unspecified atom stereocenters. The predicted octanol–water partition coefficient (Wildman–Crippen LogP) is 5.57. The molecule has 2 aliphatic heterocycles. The first-order valence-corrected chi connectivity index (χ1v) is 11.4. The third kappa shape index (κ3) is 3.12. The predicted molar refractivity (Wildman–Crippen MR) is 121 cm³/mol. The van der Waals surface area contributed by atoms with Crippen LogP contribution in [0.2, 0.25) is 0 Å². The highest BCUT2D eigenvalue weighted by Gasteiger charge is 2.54. The topological polar surface area (TPSA) is 40.4 Å². The summed E-state index contributed by atoms with van der Waals surface area (Å²) in [4.78, 5) is 30.0. The van der Waals surface area contributed by atoms with E-state index in [9.17, 15) is 9.59 Å². The van der Waals surface area contributed by atoms with E-state index in [2.05, 4.69) is 32.0 Å². The number of anilines is 1. The number of thioether (sulfide) groups is 1. The Hall–Kier alpha value is -2.66. The van der Waals surface area contributed by atoms with Crippen LogP contribution < -0.4 is 4.90 Å². The molecule has 2 aromatic carbocycles. The van der Waals surface area contributed by atoms with Crippen molar-refractivity contribution in [3.8, 4) is 0 Å². The van der Waals surface area contributed by atoms with Crippen molar-refractivity contribution in [3.05, 3.63) is 75.7 Å². The average Bonchev–Trinajstić information content (AvgIpc) is 3.14. The van der Waals surface area contributed by atoms with Crippen molar-refractivity contribution in [2.24, 2.45) is 5.92 Å². The average molecular weight is 418 g/mol. The number of benzene rings is 2. The van der Waals surface area contributed by atoms with E-state index >= 15 is 0 Å². The number of carbonyl (C=O) groups excluding carboxylic acids is 2. The van der Waals surface area contributed by atoms with E-state index in [4.69, 9.17) is 0 Å². The first kappa shape index (κ1) is 19.3. The van der Waals surface area contributed by atoms with Crippen LogP contribution in [0.25, 0.3) is 0 Å². The van der Waals surface area contributed by atoms with Crippen molar-refractivity contribution in [2.75, 3.05) is 4.90 Å². The number of hydrogen-bond acceptors (Lipinski definition) is 3. The minimum atomic E-state index is -0.312. The van der Waals surface area contributed by atoms with Crippen molar-refractivity contribution in [1.29, 1.82) is 0 Å². The molecular weight excluding hydrogens is 392 g/mol. The van der Waals surface area contributed by atoms with Gasteiger partial charge in [0.15, 0.2) is 11.0 Å². The summed E-state index contributed by atoms with van der Waals surface area (Å²) in [6.07, 6.45) is 4.25. The first-order chi connectivity index (χ1) is 14.5. The number of amides is 3. The minimum absolute atomic E-state index is 0.0992. The molecule has 5 rings (SSSR count). The van der Waals surface area contributed by atoms with E-state index in [1.54, 1.807) is 11.8 Å². The van der Waals surface area contributed by atoms with Gasteiger partial charge in [-0.25, -0.2) is 4.79 Å². The van der Waals surface area contributed by atoms with Gasteiger partial charge in [-0.05, 0) is 73.3 Å². The number of allylic oxidation sites excluding steroid dienone is 1. The molecule has 3 aliphatic rings. The number of urea groups is 1. The number of hydrogen-bond donors (Lipinski definition) is 0. The molecule has 2 heterocycles. The van der Waals surface area contributed by atoms with Crippen molar-refractivity contribution >= 4 is 34.4 Å². The molecule has 3 amide bonds. The molecular formula is C25H25N2O2S+. The Balaban J connectivity index is 1.64. The molecule has 5 heteroatoms. The summed E-state index contributed by atoms with van der Waals surface area (Å²) < 4.78 is 1.85. The second-order valence-electron chi connectivity index (χ2n) is 8.34. The summed E-state index contributed by atoms with van der Waals surface area (Å²) in [5.41, 5.74) is 5.35. The maximum absolute atomic E-state index is 13.7. The number of carbonyl (C=O) groups is 2. The monoisotopic (exact) mass is 417 g/mol. The highest BCUT2D eigenvalue weighted by Crippen LogP contribution is 2.48. The van der Waals surface area contributed by atoms with E-state index in [0.29, 0.717) is 12.2 Å². The summed E-state index contributed by atoms with van der Waals surface area (Å²) >= 11 is 1.67. The second-order valence-corrected chi connectivity index (χ2v) is 9.45. The van der Waals surface area contributed by atoms with Crippen molar-refractivity contribution in [2.45, 2.75) is 46.1 Å². The lowest BCUT2D eigenvalue weighted by atomic mass is 9.88. The van der Waals surface area contributed by atoms with Crippen LogP contribution in [0.15, 0.2) is 59.0 Å². The van der Waals surface area contributed by atoms with Gasteiger partial charge in [-0.2, -0.15) is 9.37 Å². The Kier molecular flexibility index (Phi) is 4.86. The molecule has 1 aliphatic carbocycles. The fraction of sp³-hybridized carbons (Fsp3) is 0.320. The molecule has 0 saturated heterocycles. The fourth-order valence-corrected chi connectivity index (χ4v) is 6.13. The number of nitrogens with zero attached hydrogens (tertiary/aromatic N) is 2. The summed E-state index contributed by atoms with van der Waals surface area (Å²) in [6.45, 7) is 4.64. The van der Waals surface area contributed by atoms with Crippen molar-refractivity contribution < 1.29 is 14.2 Å². The molecule has 0 N–H and O–H groups in total. The van der Waals surface area contributed by atoms with E-state index < -0.39 is 0 Å². The van der Waals surface area contributed by atoms with Gasteiger partial charge in [-0.3, -0.25) is 0 Å². The molecule has 2 aromatic rings. The van der Waals surface area contributed by atoms with Gasteiger partial charge in [0.2, 0.25) is 0 Å². The third-order valence-electron chi connectivity index (χ3n) is 6.28. The lowest BCUT2D eigenvalue weighted by molar-refractivity contribution is -0.443. The zero-order valence-electron chi connectivity index (χ0n) is 17.4. The zero-order valence-corrected chi connectivity index (χ0v) is 18.2. The minimum Gasteiger partial charge on any atom is -0.245 e. The quantitative estimate of drug-likeness (QED) is 0.613. The fourth-order valence-electron chi connectivity index (χ4n) is 4.66. The number of para-hydroxylation sites is 1. The van der Waals surface area contributed by atoms with Gasteiger partial charge < -0.3 is 0 Å². The molecule has 4 nitrogen and oxygen atoms in total. The molecule has 0 radical (unpaired) electrons. The van der Waals surface area contributed by atoms with E-state index in [0.717, 1.165) is 41.9 Å². The van der Waals surface area contributed by atoms with Gasteiger partial charge >= 0.3 is 11.9 Å². The van der Waals surface area contributed by atoms with Crippen LogP contribution in [0.3, 0.4) is 0 Å². The molecule has 1 atom stereocenters. The molecule has 0 fully saturated rings. The normalized spacial score (nSPS) is 21.3. The lowest BCUT2D eigenvalue weighted by Crippen LogP contribution is -2.53. The highest BCUT2D eigenvalue weighted by atomic mass is 32.2.